The Morgan fingerprint density at radius 3 is 2.86 bits per heavy atom. The standard InChI is InChI=1S/C18H13ClFN3O5/c19-11-6-10-2-1-5-21(17(10)13(20)7-11)16(24)9-22-14-4-3-12(23(26)27)8-15(14)28-18(22)25/h3-4,6-8H,1-2,5,9H2. The number of carbonyl (C=O) groups is 1. The van der Waals surface area contributed by atoms with Crippen LogP contribution in [-0.2, 0) is 17.8 Å². The molecule has 0 radical (unpaired) electrons. The van der Waals surface area contributed by atoms with Gasteiger partial charge in [-0.15, -0.1) is 0 Å². The Bertz CT molecular complexity index is 1190. The van der Waals surface area contributed by atoms with Gasteiger partial charge in [-0.25, -0.2) is 9.18 Å². The van der Waals surface area contributed by atoms with Gasteiger partial charge in [0.1, 0.15) is 12.4 Å². The number of amides is 1. The van der Waals surface area contributed by atoms with E-state index in [4.69, 9.17) is 16.0 Å². The first-order valence-electron chi connectivity index (χ1n) is 8.41. The predicted molar refractivity (Wildman–Crippen MR) is 99.2 cm³/mol. The summed E-state index contributed by atoms with van der Waals surface area (Å²) in [6, 6.07) is 6.45. The Kier molecular flexibility index (Phi) is 4.38. The zero-order valence-corrected chi connectivity index (χ0v) is 15.1. The van der Waals surface area contributed by atoms with E-state index in [9.17, 15) is 24.1 Å². The molecule has 1 aliphatic rings. The molecule has 0 atom stereocenters. The van der Waals surface area contributed by atoms with Crippen LogP contribution in [0.25, 0.3) is 11.1 Å². The van der Waals surface area contributed by atoms with Gasteiger partial charge in [-0.3, -0.25) is 19.5 Å². The minimum absolute atomic E-state index is 0.00371. The number of aryl methyl sites for hydroxylation is 1. The van der Waals surface area contributed by atoms with Crippen LogP contribution in [0.3, 0.4) is 0 Å². The molecule has 0 N–H and O–H groups in total. The summed E-state index contributed by atoms with van der Waals surface area (Å²) in [7, 11) is 0. The maximum atomic E-state index is 14.4. The van der Waals surface area contributed by atoms with E-state index in [0.29, 0.717) is 24.9 Å². The maximum absolute atomic E-state index is 14.4. The zero-order valence-electron chi connectivity index (χ0n) is 14.4. The molecule has 0 spiro atoms. The van der Waals surface area contributed by atoms with Gasteiger partial charge in [0.15, 0.2) is 5.58 Å². The largest absolute Gasteiger partial charge is 0.420 e. The number of hydrogen-bond acceptors (Lipinski definition) is 5. The molecule has 0 bridgehead atoms. The lowest BCUT2D eigenvalue weighted by molar-refractivity contribution is -0.384. The van der Waals surface area contributed by atoms with Gasteiger partial charge in [-0.1, -0.05) is 11.6 Å². The molecule has 10 heteroatoms. The maximum Gasteiger partial charge on any atom is 0.420 e. The minimum atomic E-state index is -0.822. The van der Waals surface area contributed by atoms with Crippen LogP contribution < -0.4 is 10.7 Å². The summed E-state index contributed by atoms with van der Waals surface area (Å²) in [6.07, 6.45) is 1.22. The fraction of sp³-hybridized carbons (Fsp3) is 0.222. The third kappa shape index (κ3) is 3.03. The van der Waals surface area contributed by atoms with E-state index >= 15 is 0 Å². The van der Waals surface area contributed by atoms with Crippen LogP contribution in [-0.4, -0.2) is 21.9 Å². The number of hydrogen-bond donors (Lipinski definition) is 0. The lowest BCUT2D eigenvalue weighted by Crippen LogP contribution is -2.39. The molecule has 3 aromatic rings. The molecule has 0 fully saturated rings. The minimum Gasteiger partial charge on any atom is -0.407 e. The Balaban J connectivity index is 1.70. The molecule has 8 nitrogen and oxygen atoms in total. The Hall–Kier alpha value is -3.20. The average Bonchev–Trinajstić information content (AvgIpc) is 2.95. The third-order valence-electron chi connectivity index (χ3n) is 4.66. The second-order valence-electron chi connectivity index (χ2n) is 6.41. The van der Waals surface area contributed by atoms with E-state index in [0.717, 1.165) is 16.7 Å². The van der Waals surface area contributed by atoms with Crippen molar-refractivity contribution in [3.63, 3.8) is 0 Å². The number of benzene rings is 2. The Morgan fingerprint density at radius 1 is 1.32 bits per heavy atom. The second kappa shape index (κ2) is 6.75. The van der Waals surface area contributed by atoms with Crippen molar-refractivity contribution in [3.05, 3.63) is 67.4 Å². The SMILES string of the molecule is O=C(Cn1c(=O)oc2cc([N+](=O)[O-])ccc21)N1CCCc2cc(Cl)cc(F)c21. The monoisotopic (exact) mass is 405 g/mol. The number of anilines is 1. The van der Waals surface area contributed by atoms with Crippen molar-refractivity contribution in [1.82, 2.24) is 4.57 Å². The smallest absolute Gasteiger partial charge is 0.407 e. The van der Waals surface area contributed by atoms with Crippen molar-refractivity contribution in [2.75, 3.05) is 11.4 Å². The molecular weight excluding hydrogens is 393 g/mol. The van der Waals surface area contributed by atoms with E-state index in [1.165, 1.54) is 17.0 Å². The van der Waals surface area contributed by atoms with E-state index in [2.05, 4.69) is 0 Å². The van der Waals surface area contributed by atoms with Crippen LogP contribution in [0.15, 0.2) is 39.5 Å². The first-order valence-corrected chi connectivity index (χ1v) is 8.79. The summed E-state index contributed by atoms with van der Waals surface area (Å²) in [5, 5.41) is 11.1. The quantitative estimate of drug-likeness (QED) is 0.492. The summed E-state index contributed by atoms with van der Waals surface area (Å²) >= 11 is 5.90. The summed E-state index contributed by atoms with van der Waals surface area (Å²) < 4.78 is 20.5. The van der Waals surface area contributed by atoms with Crippen molar-refractivity contribution in [1.29, 1.82) is 0 Å². The molecular formula is C18H13ClFN3O5. The molecule has 2 heterocycles. The first-order chi connectivity index (χ1) is 13.3. The third-order valence-corrected chi connectivity index (χ3v) is 4.88. The van der Waals surface area contributed by atoms with Crippen molar-refractivity contribution in [2.45, 2.75) is 19.4 Å². The molecule has 2 aromatic carbocycles. The normalized spacial score (nSPS) is 13.6. The van der Waals surface area contributed by atoms with Crippen molar-refractivity contribution >= 4 is 40.0 Å². The number of fused-ring (bicyclic) bond motifs is 2. The van der Waals surface area contributed by atoms with Crippen molar-refractivity contribution < 1.29 is 18.5 Å². The van der Waals surface area contributed by atoms with Crippen LogP contribution in [0.5, 0.6) is 0 Å². The molecule has 1 aromatic heterocycles. The number of nitro groups is 1. The van der Waals surface area contributed by atoms with Gasteiger partial charge in [0.25, 0.3) is 5.69 Å². The molecule has 0 unspecified atom stereocenters. The zero-order chi connectivity index (χ0) is 20.0. The van der Waals surface area contributed by atoms with Gasteiger partial charge >= 0.3 is 5.76 Å². The van der Waals surface area contributed by atoms with Crippen LogP contribution in [0, 0.1) is 15.9 Å². The summed E-state index contributed by atoms with van der Waals surface area (Å²) in [4.78, 5) is 36.6. The van der Waals surface area contributed by atoms with E-state index in [1.807, 2.05) is 0 Å². The first kappa shape index (κ1) is 18.2. The van der Waals surface area contributed by atoms with Crippen LogP contribution in [0.4, 0.5) is 15.8 Å². The number of aromatic nitrogens is 1. The van der Waals surface area contributed by atoms with Gasteiger partial charge in [0.2, 0.25) is 5.91 Å². The lowest BCUT2D eigenvalue weighted by Gasteiger charge is -2.30. The van der Waals surface area contributed by atoms with Crippen LogP contribution in [0.1, 0.15) is 12.0 Å². The highest BCUT2D eigenvalue weighted by Gasteiger charge is 2.27. The molecule has 144 valence electrons. The van der Waals surface area contributed by atoms with Crippen molar-refractivity contribution in [3.8, 4) is 0 Å². The number of nitro benzene ring substituents is 1. The molecule has 1 aliphatic heterocycles. The fourth-order valence-corrected chi connectivity index (χ4v) is 3.67. The molecule has 1 amide bonds. The van der Waals surface area contributed by atoms with Gasteiger partial charge < -0.3 is 9.32 Å². The second-order valence-corrected chi connectivity index (χ2v) is 6.84. The predicted octanol–water partition coefficient (Wildman–Crippen LogP) is 3.27. The number of halogens is 2. The molecule has 0 saturated heterocycles. The number of non-ortho nitro benzene ring substituents is 1. The highest BCUT2D eigenvalue weighted by molar-refractivity contribution is 6.30. The molecule has 4 rings (SSSR count). The van der Waals surface area contributed by atoms with Gasteiger partial charge in [0.05, 0.1) is 22.2 Å². The molecule has 0 aliphatic carbocycles. The van der Waals surface area contributed by atoms with E-state index in [-0.39, 0.29) is 34.0 Å². The van der Waals surface area contributed by atoms with Crippen LogP contribution in [0.2, 0.25) is 5.02 Å². The summed E-state index contributed by atoms with van der Waals surface area (Å²) in [5.41, 5.74) is 0.812. The van der Waals surface area contributed by atoms with Crippen molar-refractivity contribution in [2.24, 2.45) is 0 Å². The number of rotatable bonds is 3. The lowest BCUT2D eigenvalue weighted by atomic mass is 10.0. The van der Waals surface area contributed by atoms with Gasteiger partial charge in [-0.2, -0.15) is 0 Å². The average molecular weight is 406 g/mol. The van der Waals surface area contributed by atoms with Gasteiger partial charge in [0, 0.05) is 17.6 Å². The highest BCUT2D eigenvalue weighted by Crippen LogP contribution is 2.33. The van der Waals surface area contributed by atoms with Gasteiger partial charge in [-0.05, 0) is 36.6 Å². The van der Waals surface area contributed by atoms with E-state index < -0.39 is 22.4 Å². The Morgan fingerprint density at radius 2 is 2.11 bits per heavy atom. The number of carbonyl (C=O) groups excluding carboxylic acids is 1. The summed E-state index contributed by atoms with van der Waals surface area (Å²) in [5.74, 6) is -1.92. The molecule has 0 saturated carbocycles. The summed E-state index contributed by atoms with van der Waals surface area (Å²) in [6.45, 7) is -0.0778. The van der Waals surface area contributed by atoms with E-state index in [1.54, 1.807) is 6.07 Å². The highest BCUT2D eigenvalue weighted by atomic mass is 35.5. The van der Waals surface area contributed by atoms with Crippen LogP contribution >= 0.6 is 11.6 Å². The fourth-order valence-electron chi connectivity index (χ4n) is 3.44. The number of oxazole rings is 1. The Labute approximate surface area is 161 Å². The topological polar surface area (TPSA) is 98.6 Å². The number of nitrogens with zero attached hydrogens (tertiary/aromatic N) is 3. The molecule has 28 heavy (non-hydrogen) atoms.